The summed E-state index contributed by atoms with van der Waals surface area (Å²) in [6.07, 6.45) is 2.19. The first-order valence-electron chi connectivity index (χ1n) is 6.69. The highest BCUT2D eigenvalue weighted by Crippen LogP contribution is 2.14. The van der Waals surface area contributed by atoms with E-state index in [2.05, 4.69) is 10.1 Å². The molecule has 6 heteroatoms. The Hall–Kier alpha value is -2.89. The van der Waals surface area contributed by atoms with Crippen molar-refractivity contribution in [2.45, 2.75) is 13.5 Å². The van der Waals surface area contributed by atoms with Crippen LogP contribution in [0, 0.1) is 0 Å². The standard InChI is InChI=1S/C16H17N3O3/c1-12(14-4-3-9-17-10-14)18-19(16(20)21)11-13-5-7-15(22-2)8-6-13/h3-10H,11H2,1-2H3,(H,20,21). The molecule has 2 aromatic rings. The van der Waals surface area contributed by atoms with E-state index in [0.29, 0.717) is 5.71 Å². The molecular formula is C16H17N3O3. The Labute approximate surface area is 128 Å². The molecule has 0 atom stereocenters. The predicted molar refractivity (Wildman–Crippen MR) is 83.0 cm³/mol. The van der Waals surface area contributed by atoms with Gasteiger partial charge in [-0.2, -0.15) is 10.1 Å². The molecule has 1 aromatic carbocycles. The van der Waals surface area contributed by atoms with Gasteiger partial charge < -0.3 is 9.84 Å². The zero-order chi connectivity index (χ0) is 15.9. The van der Waals surface area contributed by atoms with Crippen molar-refractivity contribution in [3.8, 4) is 5.75 Å². The second kappa shape index (κ2) is 7.21. The van der Waals surface area contributed by atoms with Crippen molar-refractivity contribution in [2.24, 2.45) is 5.10 Å². The Kier molecular flexibility index (Phi) is 5.08. The fraction of sp³-hybridized carbons (Fsp3) is 0.188. The Morgan fingerprint density at radius 1 is 1.32 bits per heavy atom. The third-order valence-corrected chi connectivity index (χ3v) is 3.06. The van der Waals surface area contributed by atoms with Gasteiger partial charge in [-0.3, -0.25) is 4.98 Å². The van der Waals surface area contributed by atoms with Crippen molar-refractivity contribution in [3.05, 3.63) is 59.9 Å². The van der Waals surface area contributed by atoms with E-state index >= 15 is 0 Å². The highest BCUT2D eigenvalue weighted by atomic mass is 16.5. The van der Waals surface area contributed by atoms with Crippen LogP contribution in [-0.2, 0) is 6.54 Å². The number of ether oxygens (including phenoxy) is 1. The number of hydrogen-bond donors (Lipinski definition) is 1. The summed E-state index contributed by atoms with van der Waals surface area (Å²) in [7, 11) is 1.58. The molecule has 1 aromatic heterocycles. The monoisotopic (exact) mass is 299 g/mol. The van der Waals surface area contributed by atoms with E-state index < -0.39 is 6.09 Å². The van der Waals surface area contributed by atoms with E-state index in [9.17, 15) is 9.90 Å². The second-order valence-electron chi connectivity index (χ2n) is 4.62. The zero-order valence-electron chi connectivity index (χ0n) is 12.4. The van der Waals surface area contributed by atoms with Gasteiger partial charge in [0.1, 0.15) is 5.75 Å². The Bertz CT molecular complexity index is 654. The molecule has 114 valence electrons. The molecule has 22 heavy (non-hydrogen) atoms. The summed E-state index contributed by atoms with van der Waals surface area (Å²) in [5, 5.41) is 14.5. The largest absolute Gasteiger partial charge is 0.497 e. The quantitative estimate of drug-likeness (QED) is 0.680. The number of hydrogen-bond acceptors (Lipinski definition) is 4. The van der Waals surface area contributed by atoms with E-state index in [1.165, 1.54) is 0 Å². The number of carbonyl (C=O) groups is 1. The number of hydrazone groups is 1. The van der Waals surface area contributed by atoms with Gasteiger partial charge >= 0.3 is 6.09 Å². The van der Waals surface area contributed by atoms with Crippen LogP contribution >= 0.6 is 0 Å². The van der Waals surface area contributed by atoms with Crippen molar-refractivity contribution in [1.29, 1.82) is 0 Å². The highest BCUT2D eigenvalue weighted by Gasteiger charge is 2.12. The average molecular weight is 299 g/mol. The van der Waals surface area contributed by atoms with Gasteiger partial charge in [-0.25, -0.2) is 4.79 Å². The van der Waals surface area contributed by atoms with Crippen LogP contribution in [0.1, 0.15) is 18.1 Å². The van der Waals surface area contributed by atoms with Gasteiger partial charge in [0.2, 0.25) is 0 Å². The molecule has 0 radical (unpaired) electrons. The molecule has 0 aliphatic carbocycles. The van der Waals surface area contributed by atoms with E-state index in [0.717, 1.165) is 21.9 Å². The molecule has 0 unspecified atom stereocenters. The third kappa shape index (κ3) is 4.05. The van der Waals surface area contributed by atoms with Crippen LogP contribution in [0.5, 0.6) is 5.75 Å². The molecule has 0 saturated carbocycles. The van der Waals surface area contributed by atoms with Gasteiger partial charge in [0.25, 0.3) is 0 Å². The number of nitrogens with zero attached hydrogens (tertiary/aromatic N) is 3. The molecule has 0 bridgehead atoms. The van der Waals surface area contributed by atoms with Crippen LogP contribution in [0.15, 0.2) is 53.9 Å². The number of aromatic nitrogens is 1. The number of methoxy groups -OCH3 is 1. The molecule has 1 amide bonds. The number of amides is 1. The third-order valence-electron chi connectivity index (χ3n) is 3.06. The average Bonchev–Trinajstić information content (AvgIpc) is 2.55. The lowest BCUT2D eigenvalue weighted by molar-refractivity contribution is 0.144. The zero-order valence-corrected chi connectivity index (χ0v) is 12.4. The Balaban J connectivity index is 2.17. The van der Waals surface area contributed by atoms with Crippen molar-refractivity contribution < 1.29 is 14.6 Å². The molecule has 0 fully saturated rings. The molecule has 0 saturated heterocycles. The van der Waals surface area contributed by atoms with Crippen LogP contribution in [0.2, 0.25) is 0 Å². The van der Waals surface area contributed by atoms with Crippen molar-refractivity contribution >= 4 is 11.8 Å². The van der Waals surface area contributed by atoms with Crippen LogP contribution < -0.4 is 4.74 Å². The molecule has 6 nitrogen and oxygen atoms in total. The molecule has 1 heterocycles. The first kappa shape index (κ1) is 15.5. The summed E-state index contributed by atoms with van der Waals surface area (Å²) in [5.41, 5.74) is 2.19. The summed E-state index contributed by atoms with van der Waals surface area (Å²) in [4.78, 5) is 15.4. The van der Waals surface area contributed by atoms with Crippen LogP contribution in [-0.4, -0.2) is 34.0 Å². The minimum absolute atomic E-state index is 0.164. The number of pyridine rings is 1. The normalized spacial score (nSPS) is 11.1. The molecular weight excluding hydrogens is 282 g/mol. The van der Waals surface area contributed by atoms with Gasteiger partial charge in [-0.15, -0.1) is 0 Å². The fourth-order valence-corrected chi connectivity index (χ4v) is 1.87. The lowest BCUT2D eigenvalue weighted by atomic mass is 10.2. The molecule has 0 aliphatic rings. The maximum absolute atomic E-state index is 11.4. The van der Waals surface area contributed by atoms with Crippen LogP contribution in [0.3, 0.4) is 0 Å². The molecule has 0 aliphatic heterocycles. The summed E-state index contributed by atoms with van der Waals surface area (Å²) < 4.78 is 5.08. The van der Waals surface area contributed by atoms with Crippen molar-refractivity contribution in [1.82, 2.24) is 9.99 Å². The van der Waals surface area contributed by atoms with E-state index in [1.54, 1.807) is 44.6 Å². The maximum Gasteiger partial charge on any atom is 0.428 e. The fourth-order valence-electron chi connectivity index (χ4n) is 1.87. The van der Waals surface area contributed by atoms with Gasteiger partial charge in [-0.05, 0) is 30.7 Å². The van der Waals surface area contributed by atoms with Crippen LogP contribution in [0.4, 0.5) is 4.79 Å². The lowest BCUT2D eigenvalue weighted by Gasteiger charge is -2.15. The second-order valence-corrected chi connectivity index (χ2v) is 4.62. The highest BCUT2D eigenvalue weighted by molar-refractivity contribution is 5.98. The van der Waals surface area contributed by atoms with Crippen molar-refractivity contribution in [3.63, 3.8) is 0 Å². The summed E-state index contributed by atoms with van der Waals surface area (Å²) in [6, 6.07) is 10.8. The maximum atomic E-state index is 11.4. The van der Waals surface area contributed by atoms with E-state index in [-0.39, 0.29) is 6.54 Å². The number of carboxylic acid groups (broad SMARTS) is 1. The molecule has 2 rings (SSSR count). The first-order valence-corrected chi connectivity index (χ1v) is 6.69. The Morgan fingerprint density at radius 2 is 2.05 bits per heavy atom. The summed E-state index contributed by atoms with van der Waals surface area (Å²) in [6.45, 7) is 1.91. The SMILES string of the molecule is COc1ccc(CN(N=C(C)c2cccnc2)C(=O)O)cc1. The predicted octanol–water partition coefficient (Wildman–Crippen LogP) is 2.99. The first-order chi connectivity index (χ1) is 10.6. The summed E-state index contributed by atoms with van der Waals surface area (Å²) >= 11 is 0. The van der Waals surface area contributed by atoms with E-state index in [1.807, 2.05) is 18.2 Å². The van der Waals surface area contributed by atoms with Gasteiger partial charge in [0, 0.05) is 18.0 Å². The number of rotatable bonds is 5. The summed E-state index contributed by atoms with van der Waals surface area (Å²) in [5.74, 6) is 0.723. The van der Waals surface area contributed by atoms with E-state index in [4.69, 9.17) is 4.74 Å². The van der Waals surface area contributed by atoms with Crippen molar-refractivity contribution in [2.75, 3.05) is 7.11 Å². The lowest BCUT2D eigenvalue weighted by Crippen LogP contribution is -2.25. The smallest absolute Gasteiger partial charge is 0.428 e. The minimum atomic E-state index is -1.11. The van der Waals surface area contributed by atoms with Gasteiger partial charge in [-0.1, -0.05) is 18.2 Å². The van der Waals surface area contributed by atoms with Gasteiger partial charge in [0.05, 0.1) is 19.4 Å². The molecule has 0 spiro atoms. The number of benzene rings is 1. The topological polar surface area (TPSA) is 75.0 Å². The van der Waals surface area contributed by atoms with Gasteiger partial charge in [0.15, 0.2) is 0 Å². The molecule has 1 N–H and O–H groups in total. The minimum Gasteiger partial charge on any atom is -0.497 e. The van der Waals surface area contributed by atoms with Crippen LogP contribution in [0.25, 0.3) is 0 Å². The Morgan fingerprint density at radius 3 is 2.59 bits per heavy atom.